The molecule has 0 radical (unpaired) electrons. The Morgan fingerprint density at radius 2 is 1.79 bits per heavy atom. The second-order valence-corrected chi connectivity index (χ2v) is 7.65. The van der Waals surface area contributed by atoms with Crippen molar-refractivity contribution >= 4 is 17.5 Å². The summed E-state index contributed by atoms with van der Waals surface area (Å²) in [6.07, 6.45) is 1.49. The molecule has 4 rings (SSSR count). The Hall–Kier alpha value is -3.02. The quantitative estimate of drug-likeness (QED) is 0.734. The van der Waals surface area contributed by atoms with E-state index in [9.17, 15) is 9.59 Å². The van der Waals surface area contributed by atoms with Crippen molar-refractivity contribution in [3.05, 3.63) is 54.1 Å². The zero-order chi connectivity index (χ0) is 20.4. The molecule has 6 heteroatoms. The smallest absolute Gasteiger partial charge is 0.231 e. The van der Waals surface area contributed by atoms with E-state index in [1.165, 1.54) is 5.56 Å². The second kappa shape index (κ2) is 8.15. The van der Waals surface area contributed by atoms with Crippen molar-refractivity contribution in [3.63, 3.8) is 0 Å². The minimum atomic E-state index is -0.233. The van der Waals surface area contributed by atoms with E-state index < -0.39 is 0 Å². The number of amides is 2. The molecule has 152 valence electrons. The molecule has 6 nitrogen and oxygen atoms in total. The Labute approximate surface area is 170 Å². The Morgan fingerprint density at radius 1 is 1.07 bits per heavy atom. The van der Waals surface area contributed by atoms with Gasteiger partial charge in [0.05, 0.1) is 25.5 Å². The number of benzene rings is 2. The number of methoxy groups -OCH3 is 1. The van der Waals surface area contributed by atoms with E-state index in [2.05, 4.69) is 18.3 Å². The molecular formula is C23H26N2O4. The highest BCUT2D eigenvalue weighted by Gasteiger charge is 2.51. The first-order chi connectivity index (χ1) is 14.1. The summed E-state index contributed by atoms with van der Waals surface area (Å²) in [7, 11) is 1.62. The SMILES string of the molecule is COc1ccc(OCCNC(=O)C2CC2C(=O)N2c3ccccc3CC2C)cc1. The largest absolute Gasteiger partial charge is 0.497 e. The summed E-state index contributed by atoms with van der Waals surface area (Å²) < 4.78 is 10.7. The van der Waals surface area contributed by atoms with Crippen molar-refractivity contribution < 1.29 is 19.1 Å². The van der Waals surface area contributed by atoms with Crippen molar-refractivity contribution in [2.45, 2.75) is 25.8 Å². The number of hydrogen-bond donors (Lipinski definition) is 1. The van der Waals surface area contributed by atoms with Gasteiger partial charge >= 0.3 is 0 Å². The van der Waals surface area contributed by atoms with Gasteiger partial charge in [-0.3, -0.25) is 9.59 Å². The molecule has 3 atom stereocenters. The lowest BCUT2D eigenvalue weighted by atomic mass is 10.1. The van der Waals surface area contributed by atoms with Gasteiger partial charge in [0.2, 0.25) is 11.8 Å². The highest BCUT2D eigenvalue weighted by molar-refractivity contribution is 6.02. The minimum absolute atomic E-state index is 0.0667. The Bertz CT molecular complexity index is 896. The van der Waals surface area contributed by atoms with Crippen LogP contribution >= 0.6 is 0 Å². The molecule has 1 saturated carbocycles. The molecule has 1 aliphatic carbocycles. The van der Waals surface area contributed by atoms with Gasteiger partial charge < -0.3 is 19.7 Å². The van der Waals surface area contributed by atoms with E-state index in [0.29, 0.717) is 19.6 Å². The summed E-state index contributed by atoms with van der Waals surface area (Å²) in [6.45, 7) is 2.84. The number of rotatable bonds is 7. The van der Waals surface area contributed by atoms with Crippen LogP contribution in [0.2, 0.25) is 0 Å². The van der Waals surface area contributed by atoms with E-state index in [0.717, 1.165) is 23.6 Å². The normalized spacial score (nSPS) is 22.0. The number of nitrogens with zero attached hydrogens (tertiary/aromatic N) is 1. The molecule has 2 amide bonds. The molecule has 3 unspecified atom stereocenters. The number of hydrogen-bond acceptors (Lipinski definition) is 4. The van der Waals surface area contributed by atoms with E-state index in [1.807, 2.05) is 47.4 Å². The maximum Gasteiger partial charge on any atom is 0.231 e. The molecule has 0 aromatic heterocycles. The monoisotopic (exact) mass is 394 g/mol. The molecule has 0 saturated heterocycles. The number of nitrogens with one attached hydrogen (secondary N) is 1. The first kappa shape index (κ1) is 19.3. The number of carbonyl (C=O) groups is 2. The fraction of sp³-hybridized carbons (Fsp3) is 0.391. The van der Waals surface area contributed by atoms with Crippen molar-refractivity contribution in [1.29, 1.82) is 0 Å². The molecule has 1 heterocycles. The molecule has 0 spiro atoms. The first-order valence-electron chi connectivity index (χ1n) is 10.0. The van der Waals surface area contributed by atoms with Gasteiger partial charge in [0.1, 0.15) is 18.1 Å². The van der Waals surface area contributed by atoms with Crippen LogP contribution in [0.3, 0.4) is 0 Å². The second-order valence-electron chi connectivity index (χ2n) is 7.65. The molecule has 0 bridgehead atoms. The number of ether oxygens (including phenoxy) is 2. The van der Waals surface area contributed by atoms with Gasteiger partial charge in [-0.2, -0.15) is 0 Å². The molecule has 1 N–H and O–H groups in total. The van der Waals surface area contributed by atoms with Crippen LogP contribution < -0.4 is 19.7 Å². The van der Waals surface area contributed by atoms with Gasteiger partial charge in [-0.05, 0) is 55.7 Å². The number of anilines is 1. The maximum absolute atomic E-state index is 13.0. The van der Waals surface area contributed by atoms with Gasteiger partial charge in [-0.25, -0.2) is 0 Å². The Kier molecular flexibility index (Phi) is 5.43. The predicted octanol–water partition coefficient (Wildman–Crippen LogP) is 2.80. The molecule has 29 heavy (non-hydrogen) atoms. The average molecular weight is 394 g/mol. The predicted molar refractivity (Wildman–Crippen MR) is 110 cm³/mol. The summed E-state index contributed by atoms with van der Waals surface area (Å²) in [4.78, 5) is 27.3. The fourth-order valence-electron chi connectivity index (χ4n) is 3.98. The van der Waals surface area contributed by atoms with Crippen molar-refractivity contribution in [1.82, 2.24) is 5.32 Å². The Morgan fingerprint density at radius 3 is 2.55 bits per heavy atom. The van der Waals surface area contributed by atoms with Crippen LogP contribution in [0.15, 0.2) is 48.5 Å². The number of para-hydroxylation sites is 1. The number of fused-ring (bicyclic) bond motifs is 1. The summed E-state index contributed by atoms with van der Waals surface area (Å²) in [6, 6.07) is 15.5. The summed E-state index contributed by atoms with van der Waals surface area (Å²) in [5.74, 6) is 1.04. The fourth-order valence-corrected chi connectivity index (χ4v) is 3.98. The van der Waals surface area contributed by atoms with E-state index in [1.54, 1.807) is 7.11 Å². The molecule has 2 aliphatic rings. The lowest BCUT2D eigenvalue weighted by Gasteiger charge is -2.23. The molecule has 1 aliphatic heterocycles. The van der Waals surface area contributed by atoms with Crippen molar-refractivity contribution in [2.75, 3.05) is 25.2 Å². The van der Waals surface area contributed by atoms with Crippen molar-refractivity contribution in [2.24, 2.45) is 11.8 Å². The third-order valence-corrected chi connectivity index (χ3v) is 5.62. The Balaban J connectivity index is 1.24. The first-order valence-corrected chi connectivity index (χ1v) is 10.0. The van der Waals surface area contributed by atoms with Gasteiger partial charge in [0.25, 0.3) is 0 Å². The third-order valence-electron chi connectivity index (χ3n) is 5.62. The third kappa shape index (κ3) is 4.06. The van der Waals surface area contributed by atoms with E-state index >= 15 is 0 Å². The number of carbonyl (C=O) groups excluding carboxylic acids is 2. The van der Waals surface area contributed by atoms with Crippen LogP contribution in [-0.2, 0) is 16.0 Å². The lowest BCUT2D eigenvalue weighted by Crippen LogP contribution is -2.38. The highest BCUT2D eigenvalue weighted by Crippen LogP contribution is 2.43. The zero-order valence-electron chi connectivity index (χ0n) is 16.8. The van der Waals surface area contributed by atoms with Gasteiger partial charge in [-0.15, -0.1) is 0 Å². The van der Waals surface area contributed by atoms with Crippen LogP contribution in [0.5, 0.6) is 11.5 Å². The molecule has 1 fully saturated rings. The van der Waals surface area contributed by atoms with E-state index in [-0.39, 0.29) is 29.7 Å². The van der Waals surface area contributed by atoms with Crippen LogP contribution in [-0.4, -0.2) is 38.1 Å². The molecular weight excluding hydrogens is 368 g/mol. The summed E-state index contributed by atoms with van der Waals surface area (Å²) in [5.41, 5.74) is 2.19. The van der Waals surface area contributed by atoms with Gasteiger partial charge in [-0.1, -0.05) is 18.2 Å². The van der Waals surface area contributed by atoms with E-state index in [4.69, 9.17) is 9.47 Å². The standard InChI is InChI=1S/C23H26N2O4/c1-15-13-16-5-3-4-6-21(16)25(15)23(27)20-14-19(20)22(26)24-11-12-29-18-9-7-17(28-2)8-10-18/h3-10,15,19-20H,11-14H2,1-2H3,(H,24,26). The van der Waals surface area contributed by atoms with Crippen LogP contribution in [0.1, 0.15) is 18.9 Å². The highest BCUT2D eigenvalue weighted by atomic mass is 16.5. The zero-order valence-corrected chi connectivity index (χ0v) is 16.8. The van der Waals surface area contributed by atoms with Crippen molar-refractivity contribution in [3.8, 4) is 11.5 Å². The maximum atomic E-state index is 13.0. The topological polar surface area (TPSA) is 67.9 Å². The van der Waals surface area contributed by atoms with Crippen LogP contribution in [0, 0.1) is 11.8 Å². The molecule has 2 aromatic rings. The molecule has 2 aromatic carbocycles. The summed E-state index contributed by atoms with van der Waals surface area (Å²) >= 11 is 0. The van der Waals surface area contributed by atoms with Gasteiger partial charge in [0.15, 0.2) is 0 Å². The van der Waals surface area contributed by atoms with Crippen LogP contribution in [0.4, 0.5) is 5.69 Å². The minimum Gasteiger partial charge on any atom is -0.497 e. The lowest BCUT2D eigenvalue weighted by molar-refractivity contribution is -0.126. The van der Waals surface area contributed by atoms with Crippen LogP contribution in [0.25, 0.3) is 0 Å². The summed E-state index contributed by atoms with van der Waals surface area (Å²) in [5, 5.41) is 2.88. The average Bonchev–Trinajstić information content (AvgIpc) is 3.47. The van der Waals surface area contributed by atoms with Gasteiger partial charge in [0, 0.05) is 11.7 Å².